The number of hydrogen-bond donors (Lipinski definition) is 3. The van der Waals surface area contributed by atoms with Crippen LogP contribution in [0.15, 0.2) is 30.3 Å². The molecule has 0 aromatic heterocycles. The van der Waals surface area contributed by atoms with E-state index in [1.54, 1.807) is 58.0 Å². The van der Waals surface area contributed by atoms with E-state index in [0.29, 0.717) is 5.56 Å². The smallest absolute Gasteiger partial charge is 0.408 e. The SMILES string of the molecule is CCOC(=O)[C@@H]1CC[C@H](C(=O)O)N1C(=O)[C@H](CNC(=O)OC(C)(C)C)NC(=O)OCc1ccccc1. The third-order valence-electron chi connectivity index (χ3n) is 5.14. The number of carbonyl (C=O) groups excluding carboxylic acids is 4. The highest BCUT2D eigenvalue weighted by Gasteiger charge is 2.47. The Morgan fingerprint density at radius 1 is 1.03 bits per heavy atom. The number of carboxylic acid groups (broad SMARTS) is 1. The van der Waals surface area contributed by atoms with Crippen molar-refractivity contribution in [2.24, 2.45) is 0 Å². The Bertz CT molecular complexity index is 946. The molecule has 1 aliphatic heterocycles. The second kappa shape index (κ2) is 12.8. The summed E-state index contributed by atoms with van der Waals surface area (Å²) in [5, 5.41) is 14.4. The number of likely N-dealkylation sites (tertiary alicyclic amines) is 1. The lowest BCUT2D eigenvalue weighted by atomic mass is 10.2. The van der Waals surface area contributed by atoms with Crippen molar-refractivity contribution in [3.05, 3.63) is 35.9 Å². The number of nitrogens with one attached hydrogen (secondary N) is 2. The van der Waals surface area contributed by atoms with Crippen LogP contribution in [0.25, 0.3) is 0 Å². The predicted octanol–water partition coefficient (Wildman–Crippen LogP) is 1.81. The van der Waals surface area contributed by atoms with Crippen LogP contribution in [0.5, 0.6) is 0 Å². The van der Waals surface area contributed by atoms with Gasteiger partial charge < -0.3 is 34.9 Å². The van der Waals surface area contributed by atoms with Gasteiger partial charge in [0.2, 0.25) is 5.91 Å². The van der Waals surface area contributed by atoms with E-state index in [4.69, 9.17) is 14.2 Å². The van der Waals surface area contributed by atoms with E-state index in [-0.39, 0.29) is 26.1 Å². The topological polar surface area (TPSA) is 161 Å². The summed E-state index contributed by atoms with van der Waals surface area (Å²) < 4.78 is 15.3. The number of aliphatic carboxylic acids is 1. The first kappa shape index (κ1) is 28.4. The van der Waals surface area contributed by atoms with Gasteiger partial charge in [0.1, 0.15) is 30.3 Å². The van der Waals surface area contributed by atoms with E-state index in [0.717, 1.165) is 4.90 Å². The molecule has 1 aromatic carbocycles. The van der Waals surface area contributed by atoms with Gasteiger partial charge in [-0.25, -0.2) is 19.2 Å². The fourth-order valence-corrected chi connectivity index (χ4v) is 3.62. The number of carbonyl (C=O) groups is 5. The molecule has 1 fully saturated rings. The number of rotatable bonds is 9. The standard InChI is InChI=1S/C24H33N3O9/c1-5-34-21(31)18-12-11-17(20(29)30)27(18)19(28)16(13-25-22(32)36-24(2,3)4)26-23(33)35-14-15-9-7-6-8-10-15/h6-10,16-18H,5,11-14H2,1-4H3,(H,25,32)(H,26,33)(H,29,30)/t16-,17+,18-/m0/s1. The Hall–Kier alpha value is -3.83. The number of hydrogen-bond acceptors (Lipinski definition) is 8. The lowest BCUT2D eigenvalue weighted by Gasteiger charge is -2.31. The van der Waals surface area contributed by atoms with E-state index in [2.05, 4.69) is 10.6 Å². The third kappa shape index (κ3) is 8.43. The fourth-order valence-electron chi connectivity index (χ4n) is 3.62. The van der Waals surface area contributed by atoms with Gasteiger partial charge in [-0.3, -0.25) is 4.79 Å². The van der Waals surface area contributed by atoms with Crippen molar-refractivity contribution in [3.63, 3.8) is 0 Å². The molecule has 3 amide bonds. The number of nitrogens with zero attached hydrogens (tertiary/aromatic N) is 1. The van der Waals surface area contributed by atoms with Crippen molar-refractivity contribution in [2.45, 2.75) is 70.9 Å². The lowest BCUT2D eigenvalue weighted by molar-refractivity contribution is -0.158. The Morgan fingerprint density at radius 2 is 1.67 bits per heavy atom. The largest absolute Gasteiger partial charge is 0.480 e. The molecule has 1 aromatic rings. The van der Waals surface area contributed by atoms with E-state index in [1.807, 2.05) is 0 Å². The van der Waals surface area contributed by atoms with Gasteiger partial charge in [0, 0.05) is 0 Å². The highest BCUT2D eigenvalue weighted by Crippen LogP contribution is 2.26. The van der Waals surface area contributed by atoms with Crippen molar-refractivity contribution in [3.8, 4) is 0 Å². The van der Waals surface area contributed by atoms with Gasteiger partial charge in [0.05, 0.1) is 13.2 Å². The van der Waals surface area contributed by atoms with Crippen LogP contribution in [-0.2, 0) is 35.2 Å². The maximum Gasteiger partial charge on any atom is 0.408 e. The van der Waals surface area contributed by atoms with Gasteiger partial charge in [0.25, 0.3) is 0 Å². The summed E-state index contributed by atoms with van der Waals surface area (Å²) in [6.07, 6.45) is -1.72. The van der Waals surface area contributed by atoms with Crippen LogP contribution >= 0.6 is 0 Å². The Morgan fingerprint density at radius 3 is 2.25 bits per heavy atom. The molecule has 1 heterocycles. The number of esters is 1. The molecule has 0 bridgehead atoms. The van der Waals surface area contributed by atoms with Crippen molar-refractivity contribution >= 4 is 30.0 Å². The minimum Gasteiger partial charge on any atom is -0.480 e. The molecular formula is C24H33N3O9. The van der Waals surface area contributed by atoms with Crippen LogP contribution in [0.2, 0.25) is 0 Å². The summed E-state index contributed by atoms with van der Waals surface area (Å²) in [5.74, 6) is -2.94. The van der Waals surface area contributed by atoms with Gasteiger partial charge in [-0.05, 0) is 46.1 Å². The molecule has 3 atom stereocenters. The van der Waals surface area contributed by atoms with Crippen LogP contribution in [-0.4, -0.2) is 76.9 Å². The number of carboxylic acids is 1. The van der Waals surface area contributed by atoms with Crippen LogP contribution in [0.3, 0.4) is 0 Å². The van der Waals surface area contributed by atoms with Gasteiger partial charge in [-0.15, -0.1) is 0 Å². The molecule has 12 heteroatoms. The fraction of sp³-hybridized carbons (Fsp3) is 0.542. The van der Waals surface area contributed by atoms with Crippen LogP contribution in [0.4, 0.5) is 9.59 Å². The van der Waals surface area contributed by atoms with E-state index < -0.39 is 60.3 Å². The second-order valence-electron chi connectivity index (χ2n) is 9.09. The number of alkyl carbamates (subject to hydrolysis) is 2. The van der Waals surface area contributed by atoms with Gasteiger partial charge >= 0.3 is 24.1 Å². The Kier molecular flexibility index (Phi) is 10.1. The zero-order chi connectivity index (χ0) is 26.9. The van der Waals surface area contributed by atoms with Crippen LogP contribution in [0.1, 0.15) is 46.1 Å². The summed E-state index contributed by atoms with van der Waals surface area (Å²) >= 11 is 0. The molecule has 1 saturated heterocycles. The monoisotopic (exact) mass is 507 g/mol. The van der Waals surface area contributed by atoms with Gasteiger partial charge in [-0.2, -0.15) is 0 Å². The summed E-state index contributed by atoms with van der Waals surface area (Å²) in [4.78, 5) is 63.3. The first-order valence-corrected chi connectivity index (χ1v) is 11.6. The lowest BCUT2D eigenvalue weighted by Crippen LogP contribution is -2.59. The number of amides is 3. The summed E-state index contributed by atoms with van der Waals surface area (Å²) in [6.45, 7) is 6.07. The summed E-state index contributed by atoms with van der Waals surface area (Å²) in [7, 11) is 0. The normalized spacial score (nSPS) is 18.1. The first-order chi connectivity index (χ1) is 16.9. The molecule has 198 valence electrons. The number of ether oxygens (including phenoxy) is 3. The minimum atomic E-state index is -1.45. The van der Waals surface area contributed by atoms with Crippen LogP contribution < -0.4 is 10.6 Å². The third-order valence-corrected chi connectivity index (χ3v) is 5.14. The molecule has 0 spiro atoms. The summed E-state index contributed by atoms with van der Waals surface area (Å²) in [5.41, 5.74) is -0.112. The quantitative estimate of drug-likeness (QED) is 0.334. The van der Waals surface area contributed by atoms with E-state index in [1.165, 1.54) is 0 Å². The van der Waals surface area contributed by atoms with Crippen LogP contribution in [0, 0.1) is 0 Å². The molecule has 2 rings (SSSR count). The summed E-state index contributed by atoms with van der Waals surface area (Å²) in [6, 6.07) is 4.92. The maximum absolute atomic E-state index is 13.5. The molecule has 0 saturated carbocycles. The second-order valence-corrected chi connectivity index (χ2v) is 9.09. The molecule has 12 nitrogen and oxygen atoms in total. The Balaban J connectivity index is 2.21. The molecule has 0 unspecified atom stereocenters. The highest BCUT2D eigenvalue weighted by atomic mass is 16.6. The molecule has 36 heavy (non-hydrogen) atoms. The average molecular weight is 508 g/mol. The molecule has 0 radical (unpaired) electrons. The zero-order valence-corrected chi connectivity index (χ0v) is 20.8. The predicted molar refractivity (Wildman–Crippen MR) is 126 cm³/mol. The van der Waals surface area contributed by atoms with Crippen molar-refractivity contribution in [1.82, 2.24) is 15.5 Å². The molecule has 0 aliphatic carbocycles. The maximum atomic E-state index is 13.5. The molecule has 1 aliphatic rings. The van der Waals surface area contributed by atoms with E-state index >= 15 is 0 Å². The van der Waals surface area contributed by atoms with Crippen molar-refractivity contribution in [1.29, 1.82) is 0 Å². The molecule has 3 N–H and O–H groups in total. The van der Waals surface area contributed by atoms with Crippen molar-refractivity contribution in [2.75, 3.05) is 13.2 Å². The van der Waals surface area contributed by atoms with E-state index in [9.17, 15) is 29.1 Å². The highest BCUT2D eigenvalue weighted by molar-refractivity contribution is 5.94. The number of benzene rings is 1. The van der Waals surface area contributed by atoms with Gasteiger partial charge in [0.15, 0.2) is 0 Å². The first-order valence-electron chi connectivity index (χ1n) is 11.6. The molecular weight excluding hydrogens is 474 g/mol. The minimum absolute atomic E-state index is 0.0230. The average Bonchev–Trinajstić information content (AvgIpc) is 3.25. The van der Waals surface area contributed by atoms with Crippen molar-refractivity contribution < 1.29 is 43.3 Å². The Labute approximate surface area is 209 Å². The zero-order valence-electron chi connectivity index (χ0n) is 20.8. The van der Waals surface area contributed by atoms with Gasteiger partial charge in [-0.1, -0.05) is 30.3 Å².